The Kier molecular flexibility index (Phi) is 12.0. The van der Waals surface area contributed by atoms with Crippen molar-refractivity contribution in [1.82, 2.24) is 10.2 Å². The fraction of sp³-hybridized carbons (Fsp3) is 0.375. The number of sulfonamides is 1. The Bertz CT molecular complexity index is 1380. The van der Waals surface area contributed by atoms with E-state index in [-0.39, 0.29) is 37.4 Å². The van der Waals surface area contributed by atoms with E-state index in [2.05, 4.69) is 21.2 Å². The molecule has 0 heterocycles. The molecule has 220 valence electrons. The molecule has 7 nitrogen and oxygen atoms in total. The Morgan fingerprint density at radius 1 is 0.878 bits per heavy atom. The number of hydrogen-bond acceptors (Lipinski definition) is 4. The number of nitrogens with zero attached hydrogens (tertiary/aromatic N) is 2. The lowest BCUT2D eigenvalue weighted by molar-refractivity contribution is -0.141. The van der Waals surface area contributed by atoms with Gasteiger partial charge >= 0.3 is 0 Å². The number of hydrogen-bond donors (Lipinski definition) is 1. The first kappa shape index (κ1) is 32.3. The number of aryl methyl sites for hydroxylation is 1. The van der Waals surface area contributed by atoms with Crippen LogP contribution in [0, 0.1) is 0 Å². The van der Waals surface area contributed by atoms with Crippen LogP contribution in [-0.2, 0) is 39.0 Å². The van der Waals surface area contributed by atoms with E-state index in [9.17, 15) is 18.0 Å². The van der Waals surface area contributed by atoms with E-state index >= 15 is 0 Å². The van der Waals surface area contributed by atoms with Gasteiger partial charge in [-0.2, -0.15) is 0 Å². The van der Waals surface area contributed by atoms with Crippen molar-refractivity contribution < 1.29 is 18.0 Å². The lowest BCUT2D eigenvalue weighted by atomic mass is 10.0. The fourth-order valence-electron chi connectivity index (χ4n) is 4.62. The van der Waals surface area contributed by atoms with Gasteiger partial charge in [-0.3, -0.25) is 13.9 Å². The van der Waals surface area contributed by atoms with Crippen molar-refractivity contribution in [2.24, 2.45) is 0 Å². The number of amides is 2. The standard InChI is InChI=1S/C32H40BrN3O4S/c1-5-25-15-19-29(20-16-25)36(41(4,39)40)21-9-12-31(37)35(23-27-13-17-28(33)18-14-27)30(32(38)34-24(2)3)22-26-10-7-6-8-11-26/h6-8,10-11,13-20,24,30H,5,9,12,21-23H2,1-4H3,(H,34,38)/t30-/m1/s1. The van der Waals surface area contributed by atoms with Gasteiger partial charge in [0.05, 0.1) is 11.9 Å². The normalized spacial score (nSPS) is 12.1. The zero-order valence-electron chi connectivity index (χ0n) is 24.2. The molecule has 0 spiro atoms. The Labute approximate surface area is 253 Å². The molecule has 1 N–H and O–H groups in total. The van der Waals surface area contributed by atoms with Crippen LogP contribution >= 0.6 is 15.9 Å². The average Bonchev–Trinajstić information content (AvgIpc) is 2.93. The van der Waals surface area contributed by atoms with E-state index < -0.39 is 16.1 Å². The zero-order chi connectivity index (χ0) is 30.0. The summed E-state index contributed by atoms with van der Waals surface area (Å²) in [6.45, 7) is 6.24. The Hall–Kier alpha value is -3.17. The van der Waals surface area contributed by atoms with Crippen molar-refractivity contribution >= 4 is 43.5 Å². The Morgan fingerprint density at radius 3 is 2.05 bits per heavy atom. The maximum absolute atomic E-state index is 13.9. The molecule has 0 aliphatic carbocycles. The second kappa shape index (κ2) is 15.2. The fourth-order valence-corrected chi connectivity index (χ4v) is 5.85. The minimum atomic E-state index is -3.55. The summed E-state index contributed by atoms with van der Waals surface area (Å²) < 4.78 is 27.5. The van der Waals surface area contributed by atoms with Gasteiger partial charge in [-0.05, 0) is 67.6 Å². The summed E-state index contributed by atoms with van der Waals surface area (Å²) in [5.74, 6) is -0.425. The van der Waals surface area contributed by atoms with E-state index in [4.69, 9.17) is 0 Å². The molecule has 0 saturated heterocycles. The molecule has 0 radical (unpaired) electrons. The van der Waals surface area contributed by atoms with Crippen LogP contribution in [0.2, 0.25) is 0 Å². The topological polar surface area (TPSA) is 86.8 Å². The quantitative estimate of drug-likeness (QED) is 0.244. The second-order valence-corrected chi connectivity index (χ2v) is 13.3. The molecule has 3 rings (SSSR count). The van der Waals surface area contributed by atoms with Gasteiger partial charge in [0.2, 0.25) is 21.8 Å². The van der Waals surface area contributed by atoms with E-state index in [0.29, 0.717) is 18.5 Å². The van der Waals surface area contributed by atoms with Crippen LogP contribution in [0.1, 0.15) is 50.3 Å². The number of anilines is 1. The number of carbonyl (C=O) groups is 2. The molecule has 0 aliphatic heterocycles. The lowest BCUT2D eigenvalue weighted by Crippen LogP contribution is -2.51. The first-order chi connectivity index (χ1) is 19.5. The third-order valence-electron chi connectivity index (χ3n) is 6.75. The molecule has 0 unspecified atom stereocenters. The van der Waals surface area contributed by atoms with Gasteiger partial charge in [-0.25, -0.2) is 8.42 Å². The van der Waals surface area contributed by atoms with Crippen molar-refractivity contribution in [3.05, 3.63) is 100 Å². The van der Waals surface area contributed by atoms with Crippen molar-refractivity contribution in [3.63, 3.8) is 0 Å². The molecule has 1 atom stereocenters. The molecular formula is C32H40BrN3O4S. The molecule has 0 aliphatic rings. The van der Waals surface area contributed by atoms with Gasteiger partial charge in [-0.1, -0.05) is 77.5 Å². The highest BCUT2D eigenvalue weighted by Crippen LogP contribution is 2.21. The van der Waals surface area contributed by atoms with Gasteiger partial charge < -0.3 is 10.2 Å². The minimum Gasteiger partial charge on any atom is -0.352 e. The molecule has 3 aromatic carbocycles. The van der Waals surface area contributed by atoms with E-state index in [1.165, 1.54) is 10.6 Å². The first-order valence-corrected chi connectivity index (χ1v) is 16.6. The van der Waals surface area contributed by atoms with Crippen LogP contribution in [0.15, 0.2) is 83.3 Å². The number of benzene rings is 3. The summed E-state index contributed by atoms with van der Waals surface area (Å²) in [5.41, 5.74) is 3.53. The number of carbonyl (C=O) groups excluding carboxylic acids is 2. The van der Waals surface area contributed by atoms with Crippen molar-refractivity contribution in [3.8, 4) is 0 Å². The third-order valence-corrected chi connectivity index (χ3v) is 8.48. The van der Waals surface area contributed by atoms with Crippen LogP contribution in [0.3, 0.4) is 0 Å². The van der Waals surface area contributed by atoms with Crippen molar-refractivity contribution in [1.29, 1.82) is 0 Å². The maximum atomic E-state index is 13.9. The Balaban J connectivity index is 1.86. The molecule has 3 aromatic rings. The largest absolute Gasteiger partial charge is 0.352 e. The lowest BCUT2D eigenvalue weighted by Gasteiger charge is -2.32. The molecule has 9 heteroatoms. The molecule has 2 amide bonds. The minimum absolute atomic E-state index is 0.0900. The molecule has 0 aromatic heterocycles. The number of rotatable bonds is 14. The summed E-state index contributed by atoms with van der Waals surface area (Å²) in [6, 6.07) is 23.9. The third kappa shape index (κ3) is 10.0. The van der Waals surface area contributed by atoms with Crippen LogP contribution in [0.25, 0.3) is 0 Å². The van der Waals surface area contributed by atoms with Crippen LogP contribution < -0.4 is 9.62 Å². The summed E-state index contributed by atoms with van der Waals surface area (Å²) in [4.78, 5) is 29.0. The van der Waals surface area contributed by atoms with Gasteiger partial charge in [0.25, 0.3) is 0 Å². The molecule has 41 heavy (non-hydrogen) atoms. The predicted molar refractivity (Wildman–Crippen MR) is 169 cm³/mol. The summed E-state index contributed by atoms with van der Waals surface area (Å²) in [7, 11) is -3.55. The predicted octanol–water partition coefficient (Wildman–Crippen LogP) is 5.72. The number of halogens is 1. The van der Waals surface area contributed by atoms with E-state index in [1.54, 1.807) is 17.0 Å². The highest BCUT2D eigenvalue weighted by atomic mass is 79.9. The first-order valence-electron chi connectivity index (χ1n) is 13.9. The van der Waals surface area contributed by atoms with Crippen molar-refractivity contribution in [2.45, 2.75) is 65.1 Å². The van der Waals surface area contributed by atoms with Crippen molar-refractivity contribution in [2.75, 3.05) is 17.1 Å². The van der Waals surface area contributed by atoms with Crippen LogP contribution in [0.5, 0.6) is 0 Å². The van der Waals surface area contributed by atoms with Crippen LogP contribution in [0.4, 0.5) is 5.69 Å². The summed E-state index contributed by atoms with van der Waals surface area (Å²) in [5, 5.41) is 2.99. The van der Waals surface area contributed by atoms with Gasteiger partial charge in [0.15, 0.2) is 0 Å². The van der Waals surface area contributed by atoms with Gasteiger partial charge in [0.1, 0.15) is 6.04 Å². The van der Waals surface area contributed by atoms with Gasteiger partial charge in [-0.15, -0.1) is 0 Å². The molecule has 0 saturated carbocycles. The SMILES string of the molecule is CCc1ccc(N(CCCC(=O)N(Cc2ccc(Br)cc2)[C@H](Cc2ccccc2)C(=O)NC(C)C)S(C)(=O)=O)cc1. The smallest absolute Gasteiger partial charge is 0.243 e. The Morgan fingerprint density at radius 2 is 1.49 bits per heavy atom. The second-order valence-electron chi connectivity index (χ2n) is 10.5. The highest BCUT2D eigenvalue weighted by Gasteiger charge is 2.31. The summed E-state index contributed by atoms with van der Waals surface area (Å²) in [6.07, 6.45) is 2.80. The molecular weight excluding hydrogens is 602 g/mol. The summed E-state index contributed by atoms with van der Waals surface area (Å²) >= 11 is 3.46. The molecule has 0 fully saturated rings. The van der Waals surface area contributed by atoms with E-state index in [1.807, 2.05) is 87.5 Å². The zero-order valence-corrected chi connectivity index (χ0v) is 26.6. The average molecular weight is 643 g/mol. The maximum Gasteiger partial charge on any atom is 0.243 e. The van der Waals surface area contributed by atoms with E-state index in [0.717, 1.165) is 27.6 Å². The highest BCUT2D eigenvalue weighted by molar-refractivity contribution is 9.10. The molecule has 0 bridgehead atoms. The van der Waals surface area contributed by atoms with Crippen LogP contribution in [-0.4, -0.2) is 50.0 Å². The number of nitrogens with one attached hydrogen (secondary N) is 1. The monoisotopic (exact) mass is 641 g/mol. The van der Waals surface area contributed by atoms with Gasteiger partial charge in [0, 0.05) is 36.4 Å².